The van der Waals surface area contributed by atoms with Crippen molar-refractivity contribution in [3.05, 3.63) is 23.9 Å². The molecule has 0 aliphatic carbocycles. The third-order valence-corrected chi connectivity index (χ3v) is 1.03. The summed E-state index contributed by atoms with van der Waals surface area (Å²) in [5.74, 6) is -0.248. The van der Waals surface area contributed by atoms with E-state index >= 15 is 0 Å². The molecule has 0 radical (unpaired) electrons. The van der Waals surface area contributed by atoms with Crippen LogP contribution in [-0.2, 0) is 9.53 Å². The average molecular weight is 175 g/mol. The van der Waals surface area contributed by atoms with Gasteiger partial charge < -0.3 is 4.74 Å². The summed E-state index contributed by atoms with van der Waals surface area (Å²) < 4.78 is 4.63. The van der Waals surface area contributed by atoms with E-state index in [2.05, 4.69) is 11.3 Å². The highest BCUT2D eigenvalue weighted by atomic mass is 35.5. The maximum Gasteiger partial charge on any atom is 0.310 e. The van der Waals surface area contributed by atoms with Crippen LogP contribution in [0.1, 0.15) is 19.8 Å². The molecule has 0 aliphatic rings. The zero-order valence-electron chi connectivity index (χ0n) is 6.47. The van der Waals surface area contributed by atoms with Crippen LogP contribution in [0.4, 0.5) is 0 Å². The van der Waals surface area contributed by atoms with Crippen molar-refractivity contribution in [2.45, 2.75) is 19.8 Å². The Bertz CT molecular complexity index is 173. The number of rotatable bonds is 4. The Balaban J connectivity index is 3.53. The Morgan fingerprint density at radius 1 is 1.73 bits per heavy atom. The normalized spacial score (nSPS) is 10.0. The van der Waals surface area contributed by atoms with E-state index in [9.17, 15) is 4.79 Å². The maximum absolute atomic E-state index is 10.7. The van der Waals surface area contributed by atoms with Crippen molar-refractivity contribution in [2.75, 3.05) is 0 Å². The largest absolute Gasteiger partial charge is 0.434 e. The molecule has 11 heavy (non-hydrogen) atoms. The van der Waals surface area contributed by atoms with Crippen LogP contribution in [0, 0.1) is 0 Å². The highest BCUT2D eigenvalue weighted by molar-refractivity contribution is 6.30. The monoisotopic (exact) mass is 174 g/mol. The van der Waals surface area contributed by atoms with Gasteiger partial charge in [-0.15, -0.1) is 0 Å². The second-order valence-electron chi connectivity index (χ2n) is 1.99. The van der Waals surface area contributed by atoms with E-state index in [1.807, 2.05) is 6.92 Å². The quantitative estimate of drug-likeness (QED) is 0.372. The van der Waals surface area contributed by atoms with Crippen LogP contribution in [0.25, 0.3) is 0 Å². The van der Waals surface area contributed by atoms with Gasteiger partial charge >= 0.3 is 5.97 Å². The molecule has 0 rings (SSSR count). The minimum Gasteiger partial charge on any atom is -0.434 e. The number of halogens is 1. The van der Waals surface area contributed by atoms with Gasteiger partial charge in [0, 0.05) is 11.5 Å². The fourth-order valence-electron chi connectivity index (χ4n) is 0.447. The Hall–Kier alpha value is -0.760. The Morgan fingerprint density at radius 3 is 2.82 bits per heavy atom. The molecule has 0 aromatic heterocycles. The molecule has 0 bridgehead atoms. The topological polar surface area (TPSA) is 26.3 Å². The van der Waals surface area contributed by atoms with E-state index in [4.69, 9.17) is 11.6 Å². The number of carbonyl (C=O) groups excluding carboxylic acids is 1. The van der Waals surface area contributed by atoms with Crippen LogP contribution in [0.3, 0.4) is 0 Å². The summed E-state index contributed by atoms with van der Waals surface area (Å²) in [6.45, 7) is 5.29. The van der Waals surface area contributed by atoms with Crippen molar-refractivity contribution in [2.24, 2.45) is 0 Å². The summed E-state index contributed by atoms with van der Waals surface area (Å²) >= 11 is 5.37. The molecule has 0 amide bonds. The summed E-state index contributed by atoms with van der Waals surface area (Å²) in [4.78, 5) is 10.7. The molecule has 0 unspecified atom stereocenters. The number of esters is 1. The molecular formula is C8H11ClO2. The second-order valence-corrected chi connectivity index (χ2v) is 2.47. The molecular weight excluding hydrogens is 164 g/mol. The van der Waals surface area contributed by atoms with Gasteiger partial charge in [-0.25, -0.2) is 0 Å². The molecule has 0 heterocycles. The number of hydrogen-bond donors (Lipinski definition) is 0. The van der Waals surface area contributed by atoms with Gasteiger partial charge in [-0.2, -0.15) is 0 Å². The minimum atomic E-state index is -0.248. The van der Waals surface area contributed by atoms with Gasteiger partial charge in [0.2, 0.25) is 0 Å². The zero-order chi connectivity index (χ0) is 8.69. The van der Waals surface area contributed by atoms with E-state index in [1.54, 1.807) is 0 Å². The lowest BCUT2D eigenvalue weighted by Crippen LogP contribution is -1.97. The molecule has 0 saturated heterocycles. The standard InChI is InChI=1S/C8H11ClO2/c1-3-4-8(10)11-6-5-7(2)9/h5-6H,2-4H2,1H3. The van der Waals surface area contributed by atoms with Gasteiger partial charge in [0.05, 0.1) is 6.26 Å². The van der Waals surface area contributed by atoms with E-state index < -0.39 is 0 Å². The molecule has 2 nitrogen and oxygen atoms in total. The van der Waals surface area contributed by atoms with Crippen molar-refractivity contribution < 1.29 is 9.53 Å². The van der Waals surface area contributed by atoms with E-state index in [0.717, 1.165) is 6.42 Å². The third-order valence-electron chi connectivity index (χ3n) is 0.902. The lowest BCUT2D eigenvalue weighted by Gasteiger charge is -1.94. The smallest absolute Gasteiger partial charge is 0.310 e. The Labute approximate surface area is 71.5 Å². The number of ether oxygens (including phenoxy) is 1. The van der Waals surface area contributed by atoms with Gasteiger partial charge in [0.15, 0.2) is 0 Å². The first-order valence-corrected chi connectivity index (χ1v) is 3.75. The molecule has 0 spiro atoms. The molecule has 0 aromatic carbocycles. The molecule has 0 saturated carbocycles. The van der Waals surface area contributed by atoms with E-state index in [-0.39, 0.29) is 5.97 Å². The molecule has 0 aliphatic heterocycles. The molecule has 0 N–H and O–H groups in total. The first-order valence-electron chi connectivity index (χ1n) is 3.37. The van der Waals surface area contributed by atoms with Crippen LogP contribution in [0.2, 0.25) is 0 Å². The van der Waals surface area contributed by atoms with Crippen molar-refractivity contribution in [1.29, 1.82) is 0 Å². The fourth-order valence-corrected chi connectivity index (χ4v) is 0.498. The van der Waals surface area contributed by atoms with Crippen molar-refractivity contribution in [3.63, 3.8) is 0 Å². The van der Waals surface area contributed by atoms with E-state index in [0.29, 0.717) is 11.5 Å². The van der Waals surface area contributed by atoms with Gasteiger partial charge in [-0.3, -0.25) is 4.79 Å². The highest BCUT2D eigenvalue weighted by Crippen LogP contribution is 1.99. The summed E-state index contributed by atoms with van der Waals surface area (Å²) in [6, 6.07) is 0. The highest BCUT2D eigenvalue weighted by Gasteiger charge is 1.95. The van der Waals surface area contributed by atoms with Crippen LogP contribution >= 0.6 is 11.6 Å². The van der Waals surface area contributed by atoms with Gasteiger partial charge in [0.25, 0.3) is 0 Å². The first-order chi connectivity index (χ1) is 5.16. The molecule has 0 aromatic rings. The Morgan fingerprint density at radius 2 is 2.36 bits per heavy atom. The first kappa shape index (κ1) is 10.2. The van der Waals surface area contributed by atoms with Gasteiger partial charge in [-0.1, -0.05) is 25.1 Å². The fraction of sp³-hybridized carbons (Fsp3) is 0.375. The van der Waals surface area contributed by atoms with Gasteiger partial charge in [-0.05, 0) is 12.5 Å². The van der Waals surface area contributed by atoms with Crippen LogP contribution in [-0.4, -0.2) is 5.97 Å². The SMILES string of the molecule is C=C(Cl)C=COC(=O)CCC. The molecule has 3 heteroatoms. The predicted molar refractivity (Wildman–Crippen MR) is 45.1 cm³/mol. The third kappa shape index (κ3) is 7.13. The number of hydrogen-bond acceptors (Lipinski definition) is 2. The van der Waals surface area contributed by atoms with Crippen molar-refractivity contribution >= 4 is 17.6 Å². The number of carbonyl (C=O) groups is 1. The zero-order valence-corrected chi connectivity index (χ0v) is 7.23. The summed E-state index contributed by atoms with van der Waals surface area (Å²) in [6.07, 6.45) is 3.88. The summed E-state index contributed by atoms with van der Waals surface area (Å²) in [7, 11) is 0. The lowest BCUT2D eigenvalue weighted by atomic mass is 10.3. The second kappa shape index (κ2) is 5.98. The van der Waals surface area contributed by atoms with E-state index in [1.165, 1.54) is 12.3 Å². The predicted octanol–water partition coefficient (Wildman–Crippen LogP) is 2.60. The summed E-state index contributed by atoms with van der Waals surface area (Å²) in [5, 5.41) is 0.342. The van der Waals surface area contributed by atoms with Crippen LogP contribution in [0.15, 0.2) is 23.9 Å². The van der Waals surface area contributed by atoms with Crippen LogP contribution < -0.4 is 0 Å². The molecule has 62 valence electrons. The van der Waals surface area contributed by atoms with Crippen molar-refractivity contribution in [3.8, 4) is 0 Å². The van der Waals surface area contributed by atoms with Gasteiger partial charge in [0.1, 0.15) is 0 Å². The number of allylic oxidation sites excluding steroid dienone is 2. The minimum absolute atomic E-state index is 0.248. The van der Waals surface area contributed by atoms with Crippen LogP contribution in [0.5, 0.6) is 0 Å². The van der Waals surface area contributed by atoms with Crippen molar-refractivity contribution in [1.82, 2.24) is 0 Å². The molecule has 0 atom stereocenters. The maximum atomic E-state index is 10.7. The Kier molecular flexibility index (Phi) is 5.57. The average Bonchev–Trinajstić information content (AvgIpc) is 1.87. The lowest BCUT2D eigenvalue weighted by molar-refractivity contribution is -0.138. The molecule has 0 fully saturated rings. The summed E-state index contributed by atoms with van der Waals surface area (Å²) in [5.41, 5.74) is 0.